The van der Waals surface area contributed by atoms with Crippen LogP contribution in [0.1, 0.15) is 10.4 Å². The second kappa shape index (κ2) is 6.37. The summed E-state index contributed by atoms with van der Waals surface area (Å²) in [5.74, 6) is 0.238. The molecule has 1 N–H and O–H groups in total. The van der Waals surface area contributed by atoms with Crippen LogP contribution in [0.5, 0.6) is 0 Å². The van der Waals surface area contributed by atoms with Gasteiger partial charge in [0, 0.05) is 44.4 Å². The van der Waals surface area contributed by atoms with E-state index in [1.54, 1.807) is 24.5 Å². The predicted molar refractivity (Wildman–Crippen MR) is 70.4 cm³/mol. The van der Waals surface area contributed by atoms with Gasteiger partial charge in [0.1, 0.15) is 0 Å². The van der Waals surface area contributed by atoms with Gasteiger partial charge in [-0.1, -0.05) is 27.5 Å². The van der Waals surface area contributed by atoms with Gasteiger partial charge < -0.3 is 5.32 Å². The van der Waals surface area contributed by atoms with E-state index in [2.05, 4.69) is 21.2 Å². The van der Waals surface area contributed by atoms with E-state index < -0.39 is 10.8 Å². The fraction of sp³-hybridized carbons (Fsp3) is 0.300. The van der Waals surface area contributed by atoms with Crippen molar-refractivity contribution in [2.75, 3.05) is 18.6 Å². The topological polar surface area (TPSA) is 46.2 Å². The maximum Gasteiger partial charge on any atom is 0.251 e. The lowest BCUT2D eigenvalue weighted by Gasteiger charge is -2.05. The second-order valence-corrected chi connectivity index (χ2v) is 6.10. The van der Waals surface area contributed by atoms with Gasteiger partial charge in [-0.15, -0.1) is 0 Å². The van der Waals surface area contributed by atoms with Crippen molar-refractivity contribution < 1.29 is 9.00 Å². The SMILES string of the molecule is CS(=O)CCNC(=O)c1cc(Cl)cc(Br)c1. The zero-order valence-electron chi connectivity index (χ0n) is 8.63. The van der Waals surface area contributed by atoms with Crippen LogP contribution >= 0.6 is 27.5 Å². The summed E-state index contributed by atoms with van der Waals surface area (Å²) in [7, 11) is -0.897. The lowest BCUT2D eigenvalue weighted by molar-refractivity contribution is 0.0956. The Kier molecular flexibility index (Phi) is 5.44. The van der Waals surface area contributed by atoms with E-state index in [4.69, 9.17) is 11.6 Å². The van der Waals surface area contributed by atoms with Crippen LogP contribution in [0.4, 0.5) is 0 Å². The lowest BCUT2D eigenvalue weighted by atomic mass is 10.2. The zero-order chi connectivity index (χ0) is 12.1. The van der Waals surface area contributed by atoms with E-state index in [0.717, 1.165) is 4.47 Å². The minimum atomic E-state index is -0.897. The second-order valence-electron chi connectivity index (χ2n) is 3.19. The Bertz CT molecular complexity index is 405. The first kappa shape index (κ1) is 13.7. The minimum Gasteiger partial charge on any atom is -0.351 e. The number of halogens is 2. The highest BCUT2D eigenvalue weighted by Crippen LogP contribution is 2.19. The molecule has 0 aliphatic rings. The smallest absolute Gasteiger partial charge is 0.251 e. The molecule has 6 heteroatoms. The third kappa shape index (κ3) is 4.63. The minimum absolute atomic E-state index is 0.214. The van der Waals surface area contributed by atoms with Crippen molar-refractivity contribution in [1.82, 2.24) is 5.32 Å². The van der Waals surface area contributed by atoms with Gasteiger partial charge in [-0.05, 0) is 18.2 Å². The molecule has 0 saturated carbocycles. The average molecular weight is 325 g/mol. The summed E-state index contributed by atoms with van der Waals surface area (Å²) >= 11 is 9.08. The Morgan fingerprint density at radius 1 is 1.50 bits per heavy atom. The van der Waals surface area contributed by atoms with Gasteiger partial charge in [0.2, 0.25) is 0 Å². The molecule has 3 nitrogen and oxygen atoms in total. The molecule has 1 atom stereocenters. The molecule has 0 saturated heterocycles. The summed E-state index contributed by atoms with van der Waals surface area (Å²) in [6.45, 7) is 0.395. The van der Waals surface area contributed by atoms with Gasteiger partial charge in [0.25, 0.3) is 5.91 Å². The van der Waals surface area contributed by atoms with Crippen LogP contribution < -0.4 is 5.32 Å². The Hall–Kier alpha value is -0.390. The number of hydrogen-bond donors (Lipinski definition) is 1. The molecule has 1 amide bonds. The Labute approximate surface area is 110 Å². The number of rotatable bonds is 4. The number of benzene rings is 1. The van der Waals surface area contributed by atoms with Gasteiger partial charge in [0.05, 0.1) is 0 Å². The first-order valence-electron chi connectivity index (χ1n) is 4.53. The number of carbonyl (C=O) groups excluding carboxylic acids is 1. The zero-order valence-corrected chi connectivity index (χ0v) is 11.8. The van der Waals surface area contributed by atoms with Crippen molar-refractivity contribution in [3.05, 3.63) is 33.3 Å². The molecule has 1 rings (SSSR count). The number of nitrogens with one attached hydrogen (secondary N) is 1. The largest absolute Gasteiger partial charge is 0.351 e. The van der Waals surface area contributed by atoms with E-state index in [-0.39, 0.29) is 5.91 Å². The molecule has 0 fully saturated rings. The van der Waals surface area contributed by atoms with Crippen molar-refractivity contribution in [3.63, 3.8) is 0 Å². The summed E-state index contributed by atoms with van der Waals surface area (Å²) < 4.78 is 11.6. The summed E-state index contributed by atoms with van der Waals surface area (Å²) in [5, 5.41) is 3.17. The molecule has 0 radical (unpaired) electrons. The Morgan fingerprint density at radius 3 is 2.75 bits per heavy atom. The molecule has 0 aromatic heterocycles. The number of amides is 1. The van der Waals surface area contributed by atoms with Crippen LogP contribution in [0.15, 0.2) is 22.7 Å². The van der Waals surface area contributed by atoms with Gasteiger partial charge >= 0.3 is 0 Å². The van der Waals surface area contributed by atoms with Crippen LogP contribution in [0.2, 0.25) is 5.02 Å². The monoisotopic (exact) mass is 323 g/mol. The molecule has 0 heterocycles. The number of hydrogen-bond acceptors (Lipinski definition) is 2. The fourth-order valence-electron chi connectivity index (χ4n) is 1.10. The van der Waals surface area contributed by atoms with E-state index in [1.165, 1.54) is 0 Å². The molecule has 0 spiro atoms. The lowest BCUT2D eigenvalue weighted by Crippen LogP contribution is -2.27. The standard InChI is InChI=1S/C10H11BrClNO2S/c1-16(15)3-2-13-10(14)7-4-8(11)6-9(12)5-7/h4-6H,2-3H2,1H3,(H,13,14). The summed E-state index contributed by atoms with van der Waals surface area (Å²) in [4.78, 5) is 11.6. The number of carbonyl (C=O) groups is 1. The first-order chi connectivity index (χ1) is 7.49. The van der Waals surface area contributed by atoms with E-state index in [9.17, 15) is 9.00 Å². The highest BCUT2D eigenvalue weighted by molar-refractivity contribution is 9.10. The molecule has 88 valence electrons. The molecule has 0 bridgehead atoms. The Balaban J connectivity index is 2.62. The molecule has 0 aliphatic carbocycles. The normalized spacial score (nSPS) is 12.2. The maximum absolute atomic E-state index is 11.6. The van der Waals surface area contributed by atoms with E-state index in [0.29, 0.717) is 22.9 Å². The molecule has 1 aromatic carbocycles. The Morgan fingerprint density at radius 2 is 2.19 bits per heavy atom. The van der Waals surface area contributed by atoms with Crippen molar-refractivity contribution in [1.29, 1.82) is 0 Å². The first-order valence-corrected chi connectivity index (χ1v) is 7.43. The maximum atomic E-state index is 11.6. The molecule has 16 heavy (non-hydrogen) atoms. The van der Waals surface area contributed by atoms with E-state index >= 15 is 0 Å². The summed E-state index contributed by atoms with van der Waals surface area (Å²) in [5.41, 5.74) is 0.487. The molecular weight excluding hydrogens is 314 g/mol. The van der Waals surface area contributed by atoms with Crippen LogP contribution in [-0.4, -0.2) is 28.7 Å². The molecular formula is C10H11BrClNO2S. The van der Waals surface area contributed by atoms with Crippen molar-refractivity contribution in [2.45, 2.75) is 0 Å². The summed E-state index contributed by atoms with van der Waals surface area (Å²) in [6, 6.07) is 4.98. The summed E-state index contributed by atoms with van der Waals surface area (Å²) in [6.07, 6.45) is 1.60. The average Bonchev–Trinajstić information content (AvgIpc) is 2.15. The van der Waals surface area contributed by atoms with Crippen LogP contribution in [0.3, 0.4) is 0 Å². The van der Waals surface area contributed by atoms with Crippen molar-refractivity contribution in [2.24, 2.45) is 0 Å². The van der Waals surface area contributed by atoms with Crippen LogP contribution in [0.25, 0.3) is 0 Å². The highest BCUT2D eigenvalue weighted by atomic mass is 79.9. The predicted octanol–water partition coefficient (Wildman–Crippen LogP) is 2.21. The van der Waals surface area contributed by atoms with Gasteiger partial charge in [-0.3, -0.25) is 9.00 Å². The highest BCUT2D eigenvalue weighted by Gasteiger charge is 2.07. The molecule has 0 aliphatic heterocycles. The van der Waals surface area contributed by atoms with Crippen LogP contribution in [-0.2, 0) is 10.8 Å². The van der Waals surface area contributed by atoms with Crippen LogP contribution in [0, 0.1) is 0 Å². The van der Waals surface area contributed by atoms with Crippen molar-refractivity contribution in [3.8, 4) is 0 Å². The van der Waals surface area contributed by atoms with Crippen molar-refractivity contribution >= 4 is 44.2 Å². The van der Waals surface area contributed by atoms with E-state index in [1.807, 2.05) is 0 Å². The quantitative estimate of drug-likeness (QED) is 0.923. The third-order valence-corrected chi connectivity index (χ3v) is 3.25. The van der Waals surface area contributed by atoms with Gasteiger partial charge in [0.15, 0.2) is 0 Å². The van der Waals surface area contributed by atoms with Gasteiger partial charge in [-0.25, -0.2) is 0 Å². The van der Waals surface area contributed by atoms with Gasteiger partial charge in [-0.2, -0.15) is 0 Å². The molecule has 1 unspecified atom stereocenters. The molecule has 1 aromatic rings. The fourth-order valence-corrected chi connectivity index (χ4v) is 2.34. The third-order valence-electron chi connectivity index (χ3n) is 1.80.